The van der Waals surface area contributed by atoms with Gasteiger partial charge in [0.15, 0.2) is 5.78 Å². The lowest BCUT2D eigenvalue weighted by atomic mass is 9.98. The molecule has 1 fully saturated rings. The highest BCUT2D eigenvalue weighted by Crippen LogP contribution is 2.27. The van der Waals surface area contributed by atoms with Crippen LogP contribution in [0.25, 0.3) is 0 Å². The molecule has 2 rings (SSSR count). The number of benzene rings is 1. The summed E-state index contributed by atoms with van der Waals surface area (Å²) in [5.74, 6) is 1.54. The van der Waals surface area contributed by atoms with Crippen molar-refractivity contribution in [2.45, 2.75) is 33.1 Å². The van der Waals surface area contributed by atoms with Crippen molar-refractivity contribution >= 4 is 17.4 Å². The maximum Gasteiger partial charge on any atom is 0.167 e. The molecule has 0 saturated carbocycles. The minimum Gasteiger partial charge on any atom is -0.496 e. The Morgan fingerprint density at radius 1 is 1.38 bits per heavy atom. The Morgan fingerprint density at radius 3 is 2.67 bits per heavy atom. The van der Waals surface area contributed by atoms with Crippen molar-refractivity contribution in [2.75, 3.05) is 26.7 Å². The van der Waals surface area contributed by atoms with Crippen LogP contribution in [0.5, 0.6) is 5.75 Å². The molecule has 1 aromatic rings. The van der Waals surface area contributed by atoms with Crippen LogP contribution in [0.4, 0.5) is 0 Å². The predicted molar refractivity (Wildman–Crippen MR) is 86.5 cm³/mol. The molecule has 0 spiro atoms. The smallest absolute Gasteiger partial charge is 0.167 e. The number of hydrogen-bond acceptors (Lipinski definition) is 3. The number of ether oxygens (including phenoxy) is 1. The van der Waals surface area contributed by atoms with E-state index in [9.17, 15) is 4.79 Å². The third-order valence-corrected chi connectivity index (χ3v) is 4.72. The molecule has 0 aliphatic carbocycles. The molecule has 0 amide bonds. The summed E-state index contributed by atoms with van der Waals surface area (Å²) >= 11 is 6.13. The Balaban J connectivity index is 1.98. The number of rotatable bonds is 5. The lowest BCUT2D eigenvalue weighted by Gasteiger charge is -2.29. The molecule has 1 saturated heterocycles. The second-order valence-corrected chi connectivity index (χ2v) is 6.41. The van der Waals surface area contributed by atoms with Crippen LogP contribution < -0.4 is 4.74 Å². The van der Waals surface area contributed by atoms with Crippen LogP contribution in [0.2, 0.25) is 5.02 Å². The number of hydrogen-bond donors (Lipinski definition) is 0. The van der Waals surface area contributed by atoms with Crippen LogP contribution in [-0.2, 0) is 0 Å². The normalized spacial score (nSPS) is 17.0. The van der Waals surface area contributed by atoms with Gasteiger partial charge in [0, 0.05) is 18.0 Å². The van der Waals surface area contributed by atoms with Crippen LogP contribution >= 0.6 is 11.6 Å². The van der Waals surface area contributed by atoms with E-state index in [0.29, 0.717) is 22.8 Å². The quantitative estimate of drug-likeness (QED) is 0.771. The molecular weight excluding hydrogens is 286 g/mol. The Bertz CT molecular complexity index is 508. The van der Waals surface area contributed by atoms with E-state index in [2.05, 4.69) is 11.8 Å². The lowest BCUT2D eigenvalue weighted by Crippen LogP contribution is -2.34. The lowest BCUT2D eigenvalue weighted by molar-refractivity contribution is 0.0950. The van der Waals surface area contributed by atoms with Crippen molar-refractivity contribution in [3.8, 4) is 5.75 Å². The molecule has 0 N–H and O–H groups in total. The Hall–Kier alpha value is -1.06. The number of piperidine rings is 1. The van der Waals surface area contributed by atoms with Crippen LogP contribution in [-0.4, -0.2) is 37.4 Å². The average Bonchev–Trinajstić information content (AvgIpc) is 2.48. The van der Waals surface area contributed by atoms with Gasteiger partial charge < -0.3 is 9.64 Å². The van der Waals surface area contributed by atoms with E-state index in [1.165, 1.54) is 12.8 Å². The highest BCUT2D eigenvalue weighted by Gasteiger charge is 2.19. The molecule has 0 bridgehead atoms. The van der Waals surface area contributed by atoms with Gasteiger partial charge in [-0.1, -0.05) is 18.5 Å². The van der Waals surface area contributed by atoms with Gasteiger partial charge in [-0.05, 0) is 56.5 Å². The Morgan fingerprint density at radius 2 is 2.05 bits per heavy atom. The number of methoxy groups -OCH3 is 1. The molecule has 116 valence electrons. The Kier molecular flexibility index (Phi) is 5.65. The van der Waals surface area contributed by atoms with Crippen molar-refractivity contribution in [2.24, 2.45) is 5.92 Å². The maximum absolute atomic E-state index is 12.4. The minimum atomic E-state index is 0.104. The number of aryl methyl sites for hydroxylation is 1. The SMILES string of the molecule is COc1cc(C)c(Cl)cc1C(=O)CCN1CCC(C)CC1. The van der Waals surface area contributed by atoms with E-state index >= 15 is 0 Å². The average molecular weight is 310 g/mol. The van der Waals surface area contributed by atoms with Gasteiger partial charge in [0.2, 0.25) is 0 Å². The summed E-state index contributed by atoms with van der Waals surface area (Å²) in [6.45, 7) is 7.22. The van der Waals surface area contributed by atoms with E-state index in [4.69, 9.17) is 16.3 Å². The molecule has 1 aliphatic heterocycles. The van der Waals surface area contributed by atoms with Crippen molar-refractivity contribution in [1.82, 2.24) is 4.90 Å². The number of ketones is 1. The molecule has 21 heavy (non-hydrogen) atoms. The largest absolute Gasteiger partial charge is 0.496 e. The van der Waals surface area contributed by atoms with E-state index in [-0.39, 0.29) is 5.78 Å². The molecule has 0 aromatic heterocycles. The van der Waals surface area contributed by atoms with Crippen molar-refractivity contribution in [3.63, 3.8) is 0 Å². The standard InChI is InChI=1S/C17H24ClNO2/c1-12-4-7-19(8-5-12)9-6-16(20)14-11-15(18)13(2)10-17(14)21-3/h10-12H,4-9H2,1-3H3. The first kappa shape index (κ1) is 16.3. The van der Waals surface area contributed by atoms with Gasteiger partial charge in [-0.25, -0.2) is 0 Å². The van der Waals surface area contributed by atoms with E-state index in [0.717, 1.165) is 31.1 Å². The van der Waals surface area contributed by atoms with Crippen molar-refractivity contribution in [1.29, 1.82) is 0 Å². The fraction of sp³-hybridized carbons (Fsp3) is 0.588. The second-order valence-electron chi connectivity index (χ2n) is 6.00. The van der Waals surface area contributed by atoms with Gasteiger partial charge in [0.1, 0.15) is 5.75 Å². The van der Waals surface area contributed by atoms with E-state index in [1.54, 1.807) is 13.2 Å². The highest BCUT2D eigenvalue weighted by atomic mass is 35.5. The number of carbonyl (C=O) groups is 1. The zero-order valence-corrected chi connectivity index (χ0v) is 13.9. The maximum atomic E-state index is 12.4. The highest BCUT2D eigenvalue weighted by molar-refractivity contribution is 6.31. The first-order valence-corrected chi connectivity index (χ1v) is 7.98. The van der Waals surface area contributed by atoms with Gasteiger partial charge >= 0.3 is 0 Å². The van der Waals surface area contributed by atoms with Gasteiger partial charge in [-0.15, -0.1) is 0 Å². The summed E-state index contributed by atoms with van der Waals surface area (Å²) < 4.78 is 5.32. The van der Waals surface area contributed by atoms with Gasteiger partial charge in [-0.2, -0.15) is 0 Å². The van der Waals surface area contributed by atoms with Crippen LogP contribution in [0.15, 0.2) is 12.1 Å². The van der Waals surface area contributed by atoms with Gasteiger partial charge in [-0.3, -0.25) is 4.79 Å². The molecule has 4 heteroatoms. The molecule has 1 aromatic carbocycles. The predicted octanol–water partition coefficient (Wildman–Crippen LogP) is 3.96. The minimum absolute atomic E-state index is 0.104. The summed E-state index contributed by atoms with van der Waals surface area (Å²) in [7, 11) is 1.59. The summed E-state index contributed by atoms with van der Waals surface area (Å²) in [4.78, 5) is 14.8. The summed E-state index contributed by atoms with van der Waals surface area (Å²) in [5.41, 5.74) is 1.52. The second kappa shape index (κ2) is 7.28. The molecular formula is C17H24ClNO2. The Labute approximate surface area is 132 Å². The number of carbonyl (C=O) groups excluding carboxylic acids is 1. The van der Waals surface area contributed by atoms with Crippen LogP contribution in [0, 0.1) is 12.8 Å². The fourth-order valence-corrected chi connectivity index (χ4v) is 2.89. The fourth-order valence-electron chi connectivity index (χ4n) is 2.72. The number of Topliss-reactive ketones (excluding diaryl/α,β-unsaturated/α-hetero) is 1. The zero-order chi connectivity index (χ0) is 15.4. The molecule has 1 heterocycles. The summed E-state index contributed by atoms with van der Waals surface area (Å²) in [6.07, 6.45) is 2.98. The molecule has 0 unspecified atom stereocenters. The summed E-state index contributed by atoms with van der Waals surface area (Å²) in [5, 5.41) is 0.617. The number of halogens is 1. The number of likely N-dealkylation sites (tertiary alicyclic amines) is 1. The first-order chi connectivity index (χ1) is 10.0. The number of nitrogens with zero attached hydrogens (tertiary/aromatic N) is 1. The first-order valence-electron chi connectivity index (χ1n) is 7.61. The summed E-state index contributed by atoms with van der Waals surface area (Å²) in [6, 6.07) is 3.56. The van der Waals surface area contributed by atoms with Crippen molar-refractivity contribution in [3.05, 3.63) is 28.3 Å². The van der Waals surface area contributed by atoms with Crippen molar-refractivity contribution < 1.29 is 9.53 Å². The third kappa shape index (κ3) is 4.21. The molecule has 1 aliphatic rings. The zero-order valence-electron chi connectivity index (χ0n) is 13.1. The molecule has 0 radical (unpaired) electrons. The monoisotopic (exact) mass is 309 g/mol. The topological polar surface area (TPSA) is 29.5 Å². The molecule has 0 atom stereocenters. The third-order valence-electron chi connectivity index (χ3n) is 4.31. The van der Waals surface area contributed by atoms with E-state index < -0.39 is 0 Å². The van der Waals surface area contributed by atoms with E-state index in [1.807, 2.05) is 13.0 Å². The van der Waals surface area contributed by atoms with Crippen LogP contribution in [0.3, 0.4) is 0 Å². The van der Waals surface area contributed by atoms with Gasteiger partial charge in [0.05, 0.1) is 12.7 Å². The molecule has 3 nitrogen and oxygen atoms in total. The van der Waals surface area contributed by atoms with Gasteiger partial charge in [0.25, 0.3) is 0 Å². The van der Waals surface area contributed by atoms with Crippen LogP contribution in [0.1, 0.15) is 42.1 Å².